The molecule has 1 aromatic carbocycles. The van der Waals surface area contributed by atoms with E-state index in [2.05, 4.69) is 4.90 Å². The summed E-state index contributed by atoms with van der Waals surface area (Å²) in [6.45, 7) is 3.51. The van der Waals surface area contributed by atoms with Gasteiger partial charge < -0.3 is 23.7 Å². The molecule has 4 unspecified atom stereocenters. The zero-order valence-electron chi connectivity index (χ0n) is 16.8. The van der Waals surface area contributed by atoms with Crippen LogP contribution in [0.4, 0.5) is 0 Å². The zero-order chi connectivity index (χ0) is 20.3. The fourth-order valence-electron chi connectivity index (χ4n) is 5.77. The van der Waals surface area contributed by atoms with E-state index < -0.39 is 11.6 Å². The van der Waals surface area contributed by atoms with Crippen LogP contribution < -0.4 is 9.47 Å². The largest absolute Gasteiger partial charge is 0.460 e. The van der Waals surface area contributed by atoms with Crippen molar-refractivity contribution < 1.29 is 33.3 Å². The van der Waals surface area contributed by atoms with Crippen molar-refractivity contribution in [2.75, 3.05) is 20.4 Å². The van der Waals surface area contributed by atoms with Gasteiger partial charge in [-0.15, -0.1) is 0 Å². The molecule has 0 aromatic heterocycles. The van der Waals surface area contributed by atoms with Crippen LogP contribution in [0, 0.1) is 0 Å². The van der Waals surface area contributed by atoms with Crippen molar-refractivity contribution in [2.24, 2.45) is 0 Å². The molecule has 1 aliphatic carbocycles. The fraction of sp³-hybridized carbons (Fsp3) is 0.619. The number of hydrogen-bond acceptors (Lipinski definition) is 8. The molecule has 8 heteroatoms. The molecule has 0 amide bonds. The van der Waals surface area contributed by atoms with Crippen LogP contribution in [0.2, 0.25) is 0 Å². The first-order valence-corrected chi connectivity index (χ1v) is 10.0. The van der Waals surface area contributed by atoms with E-state index in [0.29, 0.717) is 18.0 Å². The van der Waals surface area contributed by atoms with Gasteiger partial charge in [0.2, 0.25) is 6.79 Å². The Morgan fingerprint density at radius 1 is 1.14 bits per heavy atom. The molecule has 6 atom stereocenters. The summed E-state index contributed by atoms with van der Waals surface area (Å²) in [5, 5.41) is 0. The lowest BCUT2D eigenvalue weighted by molar-refractivity contribution is -0.162. The van der Waals surface area contributed by atoms with Gasteiger partial charge in [-0.05, 0) is 37.0 Å². The number of esters is 2. The number of methoxy groups -OCH3 is 1. The van der Waals surface area contributed by atoms with Gasteiger partial charge in [0.15, 0.2) is 17.7 Å². The Kier molecular flexibility index (Phi) is 4.25. The lowest BCUT2D eigenvalue weighted by atomic mass is 9.61. The minimum absolute atomic E-state index is 0.0303. The van der Waals surface area contributed by atoms with E-state index in [9.17, 15) is 9.59 Å². The van der Waals surface area contributed by atoms with E-state index in [4.69, 9.17) is 23.7 Å². The quantitative estimate of drug-likeness (QED) is 0.709. The van der Waals surface area contributed by atoms with Gasteiger partial charge in [0.1, 0.15) is 6.10 Å². The molecule has 3 heterocycles. The zero-order valence-corrected chi connectivity index (χ0v) is 16.8. The summed E-state index contributed by atoms with van der Waals surface area (Å²) in [5.41, 5.74) is 1.51. The number of benzene rings is 1. The molecule has 1 saturated heterocycles. The van der Waals surface area contributed by atoms with Crippen molar-refractivity contribution in [1.29, 1.82) is 0 Å². The average Bonchev–Trinajstić information content (AvgIpc) is 3.24. The van der Waals surface area contributed by atoms with E-state index in [1.165, 1.54) is 13.8 Å². The lowest BCUT2D eigenvalue weighted by Gasteiger charge is -2.51. The van der Waals surface area contributed by atoms with Crippen LogP contribution in [-0.2, 0) is 29.2 Å². The number of carbonyl (C=O) groups excluding carboxylic acids is 2. The Morgan fingerprint density at radius 3 is 2.55 bits per heavy atom. The van der Waals surface area contributed by atoms with E-state index in [1.54, 1.807) is 7.11 Å². The van der Waals surface area contributed by atoms with E-state index in [0.717, 1.165) is 30.4 Å². The summed E-state index contributed by atoms with van der Waals surface area (Å²) in [6.07, 6.45) is 1.67. The van der Waals surface area contributed by atoms with Crippen molar-refractivity contribution in [3.05, 3.63) is 23.3 Å². The van der Waals surface area contributed by atoms with E-state index in [-0.39, 0.29) is 37.0 Å². The third-order valence-corrected chi connectivity index (χ3v) is 6.84. The van der Waals surface area contributed by atoms with Gasteiger partial charge in [-0.25, -0.2) is 0 Å². The molecule has 8 nitrogen and oxygen atoms in total. The second-order valence-electron chi connectivity index (χ2n) is 8.24. The maximum Gasteiger partial charge on any atom is 0.304 e. The molecular weight excluding hydrogens is 378 g/mol. The van der Waals surface area contributed by atoms with Crippen molar-refractivity contribution in [2.45, 2.75) is 63.0 Å². The Balaban J connectivity index is 1.70. The molecule has 0 spiro atoms. The molecule has 3 aliphatic heterocycles. The predicted octanol–water partition coefficient (Wildman–Crippen LogP) is 2.04. The van der Waals surface area contributed by atoms with Gasteiger partial charge >= 0.3 is 11.9 Å². The molecule has 0 radical (unpaired) electrons. The SMILES string of the molecule is COC1CC[C@]23c4cc5c(cc4C(OC(C)=O)N(CC2OC(C)=O)[C@@H]3C1)OCO5. The average molecular weight is 403 g/mol. The first kappa shape index (κ1) is 18.7. The minimum Gasteiger partial charge on any atom is -0.460 e. The van der Waals surface area contributed by atoms with Gasteiger partial charge in [0.05, 0.1) is 11.5 Å². The number of nitrogens with zero attached hydrogens (tertiary/aromatic N) is 1. The molecule has 1 saturated carbocycles. The molecule has 5 rings (SSSR count). The van der Waals surface area contributed by atoms with Gasteiger partial charge in [-0.1, -0.05) is 0 Å². The first-order chi connectivity index (χ1) is 13.9. The molecular formula is C21H25NO7. The number of fused-ring (bicyclic) bond motifs is 2. The smallest absolute Gasteiger partial charge is 0.304 e. The van der Waals surface area contributed by atoms with Gasteiger partial charge in [0.25, 0.3) is 0 Å². The summed E-state index contributed by atoms with van der Waals surface area (Å²) >= 11 is 0. The van der Waals surface area contributed by atoms with Crippen LogP contribution in [0.25, 0.3) is 0 Å². The summed E-state index contributed by atoms with van der Waals surface area (Å²) in [7, 11) is 1.72. The molecule has 2 bridgehead atoms. The number of carbonyl (C=O) groups is 2. The van der Waals surface area contributed by atoms with Gasteiger partial charge in [-0.3, -0.25) is 14.5 Å². The maximum absolute atomic E-state index is 12.0. The van der Waals surface area contributed by atoms with Crippen molar-refractivity contribution in [3.63, 3.8) is 0 Å². The van der Waals surface area contributed by atoms with Crippen molar-refractivity contribution in [3.8, 4) is 11.5 Å². The minimum atomic E-state index is -0.564. The van der Waals surface area contributed by atoms with Gasteiger partial charge in [0, 0.05) is 39.1 Å². The predicted molar refractivity (Wildman–Crippen MR) is 99.4 cm³/mol. The van der Waals surface area contributed by atoms with Crippen LogP contribution in [0.3, 0.4) is 0 Å². The van der Waals surface area contributed by atoms with Crippen LogP contribution in [0.15, 0.2) is 12.1 Å². The van der Waals surface area contributed by atoms with Crippen LogP contribution in [0.5, 0.6) is 11.5 Å². The molecule has 4 aliphatic rings. The van der Waals surface area contributed by atoms with Crippen LogP contribution in [0.1, 0.15) is 50.5 Å². The highest BCUT2D eigenvalue weighted by Gasteiger charge is 2.65. The number of hydrogen-bond donors (Lipinski definition) is 0. The van der Waals surface area contributed by atoms with Crippen LogP contribution in [-0.4, -0.2) is 55.5 Å². The summed E-state index contributed by atoms with van der Waals surface area (Å²) < 4.78 is 28.5. The normalized spacial score (nSPS) is 36.2. The molecule has 156 valence electrons. The topological polar surface area (TPSA) is 83.5 Å². The highest BCUT2D eigenvalue weighted by Crippen LogP contribution is 2.59. The fourth-order valence-corrected chi connectivity index (χ4v) is 5.77. The maximum atomic E-state index is 12.0. The Hall–Kier alpha value is -2.32. The summed E-state index contributed by atoms with van der Waals surface area (Å²) in [5.74, 6) is 0.651. The van der Waals surface area contributed by atoms with Crippen molar-refractivity contribution >= 4 is 11.9 Å². The third kappa shape index (κ3) is 2.65. The second kappa shape index (κ2) is 6.60. The Labute approximate surface area is 169 Å². The molecule has 29 heavy (non-hydrogen) atoms. The van der Waals surface area contributed by atoms with E-state index in [1.807, 2.05) is 12.1 Å². The standard InChI is InChI=1S/C21H25NO7/c1-11(23)28-19-9-22-18-6-13(25-3)4-5-21(18,19)15-8-17-16(26-10-27-17)7-14(15)20(22)29-12(2)24/h7-8,13,18-20H,4-6,9-10H2,1-3H3/t13?,18-,19?,20?,21-/m1/s1. The Morgan fingerprint density at radius 2 is 1.86 bits per heavy atom. The lowest BCUT2D eigenvalue weighted by Crippen LogP contribution is -2.56. The van der Waals surface area contributed by atoms with Gasteiger partial charge in [-0.2, -0.15) is 0 Å². The monoisotopic (exact) mass is 403 g/mol. The summed E-state index contributed by atoms with van der Waals surface area (Å²) in [6, 6.07) is 3.94. The Bertz CT molecular complexity index is 871. The van der Waals surface area contributed by atoms with E-state index >= 15 is 0 Å². The summed E-state index contributed by atoms with van der Waals surface area (Å²) in [4.78, 5) is 26.1. The van der Waals surface area contributed by atoms with Crippen LogP contribution >= 0.6 is 0 Å². The molecule has 2 fully saturated rings. The second-order valence-corrected chi connectivity index (χ2v) is 8.24. The van der Waals surface area contributed by atoms with Crippen molar-refractivity contribution in [1.82, 2.24) is 4.90 Å². The third-order valence-electron chi connectivity index (χ3n) is 6.84. The molecule has 0 N–H and O–H groups in total. The highest BCUT2D eigenvalue weighted by molar-refractivity contribution is 5.68. The number of ether oxygens (including phenoxy) is 5. The number of rotatable bonds is 3. The highest BCUT2D eigenvalue weighted by atomic mass is 16.7. The first-order valence-electron chi connectivity index (χ1n) is 10.0. The molecule has 1 aromatic rings.